The molecular weight excluding hydrogens is 290 g/mol. The molecule has 1 amide bonds. The van der Waals surface area contributed by atoms with E-state index in [4.69, 9.17) is 0 Å². The second-order valence-corrected chi connectivity index (χ2v) is 5.27. The Morgan fingerprint density at radius 3 is 2.48 bits per heavy atom. The Balaban J connectivity index is 1.82. The number of hydrogen-bond acceptors (Lipinski definition) is 5. The van der Waals surface area contributed by atoms with Crippen LogP contribution in [0.25, 0.3) is 0 Å². The average Bonchev–Trinajstić information content (AvgIpc) is 2.51. The fraction of sp³-hybridized carbons (Fsp3) is 0.353. The lowest BCUT2D eigenvalue weighted by Crippen LogP contribution is -2.29. The molecule has 6 heteroatoms. The van der Waals surface area contributed by atoms with Crippen molar-refractivity contribution in [2.24, 2.45) is 0 Å². The summed E-state index contributed by atoms with van der Waals surface area (Å²) in [6.45, 7) is 7.77. The van der Waals surface area contributed by atoms with Crippen molar-refractivity contribution in [3.05, 3.63) is 47.3 Å². The lowest BCUT2D eigenvalue weighted by molar-refractivity contribution is 0.0955. The zero-order valence-electron chi connectivity index (χ0n) is 13.8. The van der Waals surface area contributed by atoms with Crippen molar-refractivity contribution in [3.8, 4) is 0 Å². The van der Waals surface area contributed by atoms with Crippen LogP contribution in [0.2, 0.25) is 0 Å². The highest BCUT2D eigenvalue weighted by Crippen LogP contribution is 2.10. The molecule has 0 aliphatic carbocycles. The van der Waals surface area contributed by atoms with Gasteiger partial charge in [-0.3, -0.25) is 4.79 Å². The molecule has 0 aliphatic heterocycles. The third kappa shape index (κ3) is 5.25. The first-order valence-corrected chi connectivity index (χ1v) is 7.77. The average molecular weight is 313 g/mol. The highest BCUT2D eigenvalue weighted by atomic mass is 16.1. The van der Waals surface area contributed by atoms with Crippen LogP contribution in [0.1, 0.15) is 28.7 Å². The van der Waals surface area contributed by atoms with Gasteiger partial charge in [0.05, 0.1) is 0 Å². The van der Waals surface area contributed by atoms with Crippen LogP contribution < -0.4 is 16.0 Å². The molecule has 2 rings (SSSR count). The van der Waals surface area contributed by atoms with Crippen LogP contribution >= 0.6 is 0 Å². The van der Waals surface area contributed by atoms with E-state index < -0.39 is 0 Å². The molecule has 0 spiro atoms. The maximum Gasteiger partial charge on any atom is 0.251 e. The smallest absolute Gasteiger partial charge is 0.251 e. The van der Waals surface area contributed by atoms with Gasteiger partial charge in [-0.05, 0) is 32.9 Å². The van der Waals surface area contributed by atoms with Crippen molar-refractivity contribution in [1.82, 2.24) is 15.3 Å². The zero-order chi connectivity index (χ0) is 16.7. The third-order valence-electron chi connectivity index (χ3n) is 3.19. The number of anilines is 2. The van der Waals surface area contributed by atoms with Gasteiger partial charge in [0.1, 0.15) is 17.5 Å². The van der Waals surface area contributed by atoms with Crippen LogP contribution in [0.5, 0.6) is 0 Å². The van der Waals surface area contributed by atoms with E-state index in [0.29, 0.717) is 24.5 Å². The van der Waals surface area contributed by atoms with Gasteiger partial charge in [-0.25, -0.2) is 9.97 Å². The molecule has 2 aromatic rings. The Kier molecular flexibility index (Phi) is 5.91. The molecule has 122 valence electrons. The Morgan fingerprint density at radius 1 is 1.04 bits per heavy atom. The van der Waals surface area contributed by atoms with Gasteiger partial charge in [-0.2, -0.15) is 0 Å². The quantitative estimate of drug-likeness (QED) is 0.684. The second-order valence-electron chi connectivity index (χ2n) is 5.27. The van der Waals surface area contributed by atoms with Crippen molar-refractivity contribution in [1.29, 1.82) is 0 Å². The van der Waals surface area contributed by atoms with Crippen molar-refractivity contribution in [3.63, 3.8) is 0 Å². The van der Waals surface area contributed by atoms with E-state index in [9.17, 15) is 4.79 Å². The van der Waals surface area contributed by atoms with Crippen molar-refractivity contribution in [2.45, 2.75) is 20.8 Å². The summed E-state index contributed by atoms with van der Waals surface area (Å²) in [6.07, 6.45) is 0. The molecule has 1 aromatic carbocycles. The lowest BCUT2D eigenvalue weighted by atomic mass is 10.1. The van der Waals surface area contributed by atoms with E-state index >= 15 is 0 Å². The van der Waals surface area contributed by atoms with E-state index in [-0.39, 0.29) is 5.91 Å². The van der Waals surface area contributed by atoms with Gasteiger partial charge < -0.3 is 16.0 Å². The summed E-state index contributed by atoms with van der Waals surface area (Å²) < 4.78 is 0. The van der Waals surface area contributed by atoms with E-state index in [2.05, 4.69) is 25.9 Å². The molecule has 0 aliphatic rings. The highest BCUT2D eigenvalue weighted by molar-refractivity contribution is 5.94. The van der Waals surface area contributed by atoms with Crippen molar-refractivity contribution >= 4 is 17.5 Å². The molecule has 0 atom stereocenters. The number of benzene rings is 1. The summed E-state index contributed by atoms with van der Waals surface area (Å²) in [7, 11) is 0. The predicted octanol–water partition coefficient (Wildman–Crippen LogP) is 2.37. The van der Waals surface area contributed by atoms with E-state index in [1.807, 2.05) is 51.1 Å². The molecule has 0 fully saturated rings. The number of hydrogen-bond donors (Lipinski definition) is 3. The van der Waals surface area contributed by atoms with Crippen LogP contribution in [0.4, 0.5) is 11.6 Å². The molecule has 0 saturated heterocycles. The second kappa shape index (κ2) is 8.12. The minimum Gasteiger partial charge on any atom is -0.370 e. The van der Waals surface area contributed by atoms with Gasteiger partial charge in [-0.1, -0.05) is 17.7 Å². The molecular formula is C17H23N5O. The van der Waals surface area contributed by atoms with Crippen LogP contribution in [0, 0.1) is 13.8 Å². The maximum absolute atomic E-state index is 12.0. The normalized spacial score (nSPS) is 10.2. The first kappa shape index (κ1) is 16.7. The highest BCUT2D eigenvalue weighted by Gasteiger charge is 2.05. The Bertz CT molecular complexity index is 672. The zero-order valence-corrected chi connectivity index (χ0v) is 13.8. The molecule has 1 aromatic heterocycles. The van der Waals surface area contributed by atoms with Gasteiger partial charge in [0.2, 0.25) is 0 Å². The number of aromatic nitrogens is 2. The largest absolute Gasteiger partial charge is 0.370 e. The number of nitrogens with one attached hydrogen (secondary N) is 3. The molecule has 0 unspecified atom stereocenters. The molecule has 23 heavy (non-hydrogen) atoms. The summed E-state index contributed by atoms with van der Waals surface area (Å²) in [6, 6.07) is 9.40. The van der Waals surface area contributed by atoms with E-state index in [1.54, 1.807) is 0 Å². The molecule has 3 N–H and O–H groups in total. The van der Waals surface area contributed by atoms with Gasteiger partial charge in [0, 0.05) is 31.3 Å². The van der Waals surface area contributed by atoms with Crippen LogP contribution in [-0.4, -0.2) is 35.5 Å². The number of carbonyl (C=O) groups is 1. The van der Waals surface area contributed by atoms with E-state index in [0.717, 1.165) is 23.7 Å². The molecule has 6 nitrogen and oxygen atoms in total. The topological polar surface area (TPSA) is 78.9 Å². The van der Waals surface area contributed by atoms with Gasteiger partial charge in [0.15, 0.2) is 0 Å². The molecule has 0 radical (unpaired) electrons. The number of carbonyl (C=O) groups excluding carboxylic acids is 1. The summed E-state index contributed by atoms with van der Waals surface area (Å²) in [5, 5.41) is 9.25. The fourth-order valence-electron chi connectivity index (χ4n) is 2.18. The lowest BCUT2D eigenvalue weighted by Gasteiger charge is -2.10. The number of amides is 1. The van der Waals surface area contributed by atoms with Gasteiger partial charge in [-0.15, -0.1) is 0 Å². The Labute approximate surface area is 136 Å². The summed E-state index contributed by atoms with van der Waals surface area (Å²) in [4.78, 5) is 20.7. The molecule has 0 saturated carbocycles. The monoisotopic (exact) mass is 313 g/mol. The number of aryl methyl sites for hydroxylation is 2. The van der Waals surface area contributed by atoms with Gasteiger partial charge in [0.25, 0.3) is 5.91 Å². The van der Waals surface area contributed by atoms with Gasteiger partial charge >= 0.3 is 0 Å². The first-order valence-electron chi connectivity index (χ1n) is 7.77. The fourth-order valence-corrected chi connectivity index (χ4v) is 2.18. The molecule has 1 heterocycles. The van der Waals surface area contributed by atoms with Crippen LogP contribution in [0.15, 0.2) is 30.3 Å². The minimum atomic E-state index is -0.0669. The summed E-state index contributed by atoms with van der Waals surface area (Å²) in [5.41, 5.74) is 1.75. The van der Waals surface area contributed by atoms with Crippen LogP contribution in [0.3, 0.4) is 0 Å². The Morgan fingerprint density at radius 2 is 1.78 bits per heavy atom. The third-order valence-corrected chi connectivity index (χ3v) is 3.19. The number of nitrogens with zero attached hydrogens (tertiary/aromatic N) is 2. The summed E-state index contributed by atoms with van der Waals surface area (Å²) >= 11 is 0. The maximum atomic E-state index is 12.0. The van der Waals surface area contributed by atoms with E-state index in [1.165, 1.54) is 0 Å². The summed E-state index contributed by atoms with van der Waals surface area (Å²) in [5.74, 6) is 2.18. The Hall–Kier alpha value is -2.63. The van der Waals surface area contributed by atoms with Crippen LogP contribution in [-0.2, 0) is 0 Å². The predicted molar refractivity (Wildman–Crippen MR) is 92.9 cm³/mol. The SMILES string of the molecule is CCNc1cc(NCCNC(=O)c2cccc(C)c2)nc(C)n1. The number of rotatable bonds is 7. The first-order chi connectivity index (χ1) is 11.1. The van der Waals surface area contributed by atoms with Crippen molar-refractivity contribution in [2.75, 3.05) is 30.3 Å². The minimum absolute atomic E-state index is 0.0669. The standard InChI is InChI=1S/C17H23N5O/c1-4-18-15-11-16(22-13(3)21-15)19-8-9-20-17(23)14-7-5-6-12(2)10-14/h5-7,10-11H,4,8-9H2,1-3H3,(H,20,23)(H2,18,19,21,22). The molecule has 0 bridgehead atoms. The van der Waals surface area contributed by atoms with Crippen molar-refractivity contribution < 1.29 is 4.79 Å².